The topological polar surface area (TPSA) is 29.5 Å². The first-order chi connectivity index (χ1) is 25.8. The van der Waals surface area contributed by atoms with Gasteiger partial charge in [0, 0.05) is 55.0 Å². The lowest BCUT2D eigenvalue weighted by Crippen LogP contribution is -2.19. The van der Waals surface area contributed by atoms with Crippen molar-refractivity contribution in [3.8, 4) is 11.1 Å². The first-order valence-corrected chi connectivity index (χ1v) is 18.5. The highest BCUT2D eigenvalue weighted by molar-refractivity contribution is 6.23. The Hall–Kier alpha value is -6.32. The van der Waals surface area contributed by atoms with Gasteiger partial charge in [-0.15, -0.1) is 0 Å². The summed E-state index contributed by atoms with van der Waals surface area (Å²) < 4.78 is 13.3. The summed E-state index contributed by atoms with van der Waals surface area (Å²) in [5.41, 5.74) is 17.1. The maximum absolute atomic E-state index is 6.91. The van der Waals surface area contributed by atoms with Crippen LogP contribution in [0.3, 0.4) is 0 Å². The maximum atomic E-state index is 6.91. The van der Waals surface area contributed by atoms with Crippen molar-refractivity contribution in [1.82, 2.24) is 0 Å². The number of allylic oxidation sites excluding steroid dienone is 2. The van der Waals surface area contributed by atoms with Crippen LogP contribution in [0.1, 0.15) is 49.9 Å². The Morgan fingerprint density at radius 3 is 1.79 bits per heavy atom. The quantitative estimate of drug-likeness (QED) is 0.185. The molecule has 0 aliphatic heterocycles. The molecule has 3 heteroatoms. The summed E-state index contributed by atoms with van der Waals surface area (Å²) in [5.74, 6) is 0. The van der Waals surface area contributed by atoms with E-state index >= 15 is 0 Å². The lowest BCUT2D eigenvalue weighted by atomic mass is 9.74. The molecule has 3 nitrogen and oxygen atoms in total. The zero-order chi connectivity index (χ0) is 35.6. The molecule has 0 N–H and O–H groups in total. The van der Waals surface area contributed by atoms with Crippen LogP contribution in [0.25, 0.3) is 66.2 Å². The summed E-state index contributed by atoms with van der Waals surface area (Å²) in [7, 11) is 0. The van der Waals surface area contributed by atoms with Crippen molar-refractivity contribution in [2.45, 2.75) is 38.5 Å². The molecule has 0 atom stereocenters. The molecule has 0 bridgehead atoms. The van der Waals surface area contributed by atoms with Crippen LogP contribution in [-0.4, -0.2) is 0 Å². The summed E-state index contributed by atoms with van der Waals surface area (Å²) >= 11 is 0. The van der Waals surface area contributed by atoms with E-state index in [1.54, 1.807) is 0 Å². The van der Waals surface area contributed by atoms with Crippen LogP contribution in [0.15, 0.2) is 160 Å². The van der Waals surface area contributed by atoms with Gasteiger partial charge in [-0.1, -0.05) is 125 Å². The second-order valence-corrected chi connectivity index (χ2v) is 15.7. The number of furan rings is 2. The predicted molar refractivity (Wildman–Crippen MR) is 220 cm³/mol. The van der Waals surface area contributed by atoms with E-state index in [-0.39, 0.29) is 10.8 Å². The Morgan fingerprint density at radius 2 is 1.06 bits per heavy atom. The first kappa shape index (κ1) is 30.3. The average molecular weight is 684 g/mol. The van der Waals surface area contributed by atoms with Crippen LogP contribution >= 0.6 is 0 Å². The number of rotatable bonds is 4. The fraction of sp³-hybridized carbons (Fsp3) is 0.120. The molecule has 2 aliphatic rings. The van der Waals surface area contributed by atoms with Crippen LogP contribution in [0, 0.1) is 0 Å². The molecule has 0 fully saturated rings. The average Bonchev–Trinajstić information content (AvgIpc) is 3.89. The van der Waals surface area contributed by atoms with Crippen LogP contribution < -0.4 is 4.90 Å². The van der Waals surface area contributed by atoms with Gasteiger partial charge in [0.05, 0.1) is 0 Å². The van der Waals surface area contributed by atoms with Gasteiger partial charge < -0.3 is 13.7 Å². The second kappa shape index (κ2) is 10.6. The minimum Gasteiger partial charge on any atom is -0.456 e. The molecule has 254 valence electrons. The van der Waals surface area contributed by atoms with E-state index in [9.17, 15) is 0 Å². The molecular weight excluding hydrogens is 647 g/mol. The van der Waals surface area contributed by atoms with Gasteiger partial charge in [-0.3, -0.25) is 0 Å². The highest BCUT2D eigenvalue weighted by Crippen LogP contribution is 2.65. The van der Waals surface area contributed by atoms with Crippen molar-refractivity contribution in [2.24, 2.45) is 0 Å². The van der Waals surface area contributed by atoms with Gasteiger partial charge in [-0.05, 0) is 93.6 Å². The van der Waals surface area contributed by atoms with Gasteiger partial charge in [0.1, 0.15) is 22.3 Å². The highest BCUT2D eigenvalue weighted by Gasteiger charge is 2.51. The number of benzene rings is 7. The van der Waals surface area contributed by atoms with Crippen molar-refractivity contribution in [1.29, 1.82) is 0 Å². The van der Waals surface area contributed by atoms with Gasteiger partial charge in [-0.25, -0.2) is 0 Å². The Bertz CT molecular complexity index is 2940. The Morgan fingerprint density at radius 1 is 0.434 bits per heavy atom. The third-order valence-electron chi connectivity index (χ3n) is 12.0. The summed E-state index contributed by atoms with van der Waals surface area (Å²) in [6.07, 6.45) is 0. The van der Waals surface area contributed by atoms with Crippen molar-refractivity contribution < 1.29 is 8.83 Å². The summed E-state index contributed by atoms with van der Waals surface area (Å²) in [4.78, 5) is 2.30. The predicted octanol–water partition coefficient (Wildman–Crippen LogP) is 14.1. The largest absolute Gasteiger partial charge is 0.456 e. The normalized spacial score (nSPS) is 15.4. The van der Waals surface area contributed by atoms with Crippen molar-refractivity contribution >= 4 is 72.1 Å². The lowest BCUT2D eigenvalue weighted by molar-refractivity contribution is 0.664. The number of fused-ring (bicyclic) bond motifs is 12. The van der Waals surface area contributed by atoms with Gasteiger partial charge in [0.25, 0.3) is 0 Å². The van der Waals surface area contributed by atoms with Crippen LogP contribution in [0.2, 0.25) is 0 Å². The van der Waals surface area contributed by atoms with Gasteiger partial charge in [0.15, 0.2) is 0 Å². The standard InChI is InChI=1S/C50H37NO2/c1-49(2)38-27-29-40-42(44(38)47-46(49)37-26-28-41-43(45(37)50(47,3)4)35-18-11-12-21-39(35)52-41)36-20-13-19-34(48(36)53-40)30-22-24-33(25-23-30)51(31-14-7-5-8-15-31)32-16-9-6-10-17-32/h5-29H,1-4H3. The Balaban J connectivity index is 1.08. The summed E-state index contributed by atoms with van der Waals surface area (Å²) in [5, 5.41) is 4.79. The third-order valence-corrected chi connectivity index (χ3v) is 12.0. The van der Waals surface area contributed by atoms with Crippen LogP contribution in [0.4, 0.5) is 17.1 Å². The smallest absolute Gasteiger partial charge is 0.143 e. The molecule has 0 radical (unpaired) electrons. The molecule has 7 aromatic carbocycles. The molecular formula is C50H37NO2. The van der Waals surface area contributed by atoms with E-state index in [1.807, 2.05) is 0 Å². The Kier molecular flexibility index (Phi) is 6.07. The van der Waals surface area contributed by atoms with E-state index in [1.165, 1.54) is 49.6 Å². The van der Waals surface area contributed by atoms with E-state index in [0.717, 1.165) is 55.9 Å². The molecule has 0 amide bonds. The molecule has 0 spiro atoms. The van der Waals surface area contributed by atoms with Crippen LogP contribution in [0.5, 0.6) is 0 Å². The first-order valence-electron chi connectivity index (χ1n) is 18.5. The van der Waals surface area contributed by atoms with Gasteiger partial charge in [0.2, 0.25) is 0 Å². The van der Waals surface area contributed by atoms with Gasteiger partial charge in [-0.2, -0.15) is 0 Å². The number of nitrogens with zero attached hydrogens (tertiary/aromatic N) is 1. The summed E-state index contributed by atoms with van der Waals surface area (Å²) in [6.45, 7) is 9.60. The second-order valence-electron chi connectivity index (χ2n) is 15.7. The van der Waals surface area contributed by atoms with Crippen molar-refractivity contribution in [3.05, 3.63) is 174 Å². The van der Waals surface area contributed by atoms with E-state index in [4.69, 9.17) is 8.83 Å². The Labute approximate surface area is 308 Å². The van der Waals surface area contributed by atoms with E-state index < -0.39 is 0 Å². The fourth-order valence-corrected chi connectivity index (χ4v) is 9.76. The molecule has 2 aromatic heterocycles. The number of anilines is 3. The molecule has 53 heavy (non-hydrogen) atoms. The lowest BCUT2D eigenvalue weighted by Gasteiger charge is -2.28. The molecule has 0 saturated carbocycles. The van der Waals surface area contributed by atoms with Gasteiger partial charge >= 0.3 is 0 Å². The zero-order valence-electron chi connectivity index (χ0n) is 30.2. The molecule has 2 aliphatic carbocycles. The number of hydrogen-bond donors (Lipinski definition) is 0. The van der Waals surface area contributed by atoms with E-state index in [2.05, 4.69) is 184 Å². The van der Waals surface area contributed by atoms with Crippen molar-refractivity contribution in [2.75, 3.05) is 4.90 Å². The van der Waals surface area contributed by atoms with E-state index in [0.29, 0.717) is 0 Å². The molecule has 2 heterocycles. The molecule has 9 aromatic rings. The number of hydrogen-bond acceptors (Lipinski definition) is 3. The third kappa shape index (κ3) is 4.05. The minimum absolute atomic E-state index is 0.186. The molecule has 0 saturated heterocycles. The zero-order valence-corrected chi connectivity index (χ0v) is 30.2. The monoisotopic (exact) mass is 683 g/mol. The summed E-state index contributed by atoms with van der Waals surface area (Å²) in [6, 6.07) is 54.0. The fourth-order valence-electron chi connectivity index (χ4n) is 9.76. The maximum Gasteiger partial charge on any atom is 0.143 e. The molecule has 0 unspecified atom stereocenters. The highest BCUT2D eigenvalue weighted by atomic mass is 16.3. The van der Waals surface area contributed by atoms with Crippen LogP contribution in [-0.2, 0) is 10.8 Å². The number of para-hydroxylation sites is 4. The minimum atomic E-state index is -0.256. The van der Waals surface area contributed by atoms with Crippen molar-refractivity contribution in [3.63, 3.8) is 0 Å². The molecule has 11 rings (SSSR count). The SMILES string of the molecule is CC1(C)C2=C(c3c1ccc1oc4c(-c5ccc(N(c6ccccc6)c6ccccc6)cc5)cccc4c31)C(C)(C)c1c2ccc2oc3ccccc3c12.